The summed E-state index contributed by atoms with van der Waals surface area (Å²) in [5.41, 5.74) is 2.51. The minimum Gasteiger partial charge on any atom is -0.489 e. The molecule has 1 fully saturated rings. The maximum Gasteiger partial charge on any atom is 0.339 e. The topological polar surface area (TPSA) is 65.9 Å². The SMILES string of the molecule is O=C(O)c1cccnc1N1CCN(Cc2ccc(COc3ccc(F)cc3)cc2)CC1. The molecule has 0 unspecified atom stereocenters. The molecule has 0 bridgehead atoms. The number of halogens is 1. The summed E-state index contributed by atoms with van der Waals surface area (Å²) in [6, 6.07) is 17.5. The molecule has 0 saturated carbocycles. The van der Waals surface area contributed by atoms with Crippen molar-refractivity contribution in [2.45, 2.75) is 13.2 Å². The van der Waals surface area contributed by atoms with E-state index >= 15 is 0 Å². The van der Waals surface area contributed by atoms with E-state index in [1.165, 1.54) is 17.7 Å². The molecule has 0 spiro atoms. The first kappa shape index (κ1) is 20.8. The third kappa shape index (κ3) is 5.38. The van der Waals surface area contributed by atoms with Gasteiger partial charge in [-0.05, 0) is 47.5 Å². The Hall–Kier alpha value is -3.45. The van der Waals surface area contributed by atoms with Crippen molar-refractivity contribution >= 4 is 11.8 Å². The van der Waals surface area contributed by atoms with Crippen LogP contribution in [-0.2, 0) is 13.2 Å². The van der Waals surface area contributed by atoms with E-state index in [9.17, 15) is 14.3 Å². The van der Waals surface area contributed by atoms with Crippen molar-refractivity contribution in [1.29, 1.82) is 0 Å². The summed E-state index contributed by atoms with van der Waals surface area (Å²) >= 11 is 0. The smallest absolute Gasteiger partial charge is 0.339 e. The van der Waals surface area contributed by atoms with Gasteiger partial charge in [-0.25, -0.2) is 14.2 Å². The number of benzene rings is 2. The van der Waals surface area contributed by atoms with Crippen LogP contribution in [0.3, 0.4) is 0 Å². The van der Waals surface area contributed by atoms with E-state index in [1.54, 1.807) is 30.5 Å². The highest BCUT2D eigenvalue weighted by Gasteiger charge is 2.22. The molecule has 0 radical (unpaired) electrons. The van der Waals surface area contributed by atoms with Gasteiger partial charge in [0, 0.05) is 38.9 Å². The van der Waals surface area contributed by atoms with Gasteiger partial charge in [-0.3, -0.25) is 4.90 Å². The number of aromatic carboxylic acids is 1. The zero-order chi connectivity index (χ0) is 21.6. The molecule has 7 heteroatoms. The second-order valence-corrected chi connectivity index (χ2v) is 7.50. The van der Waals surface area contributed by atoms with Gasteiger partial charge < -0.3 is 14.7 Å². The average Bonchev–Trinajstić information content (AvgIpc) is 2.80. The Labute approximate surface area is 180 Å². The number of pyridine rings is 1. The van der Waals surface area contributed by atoms with Crippen LogP contribution >= 0.6 is 0 Å². The van der Waals surface area contributed by atoms with Crippen molar-refractivity contribution in [2.75, 3.05) is 31.1 Å². The number of ether oxygens (including phenoxy) is 1. The van der Waals surface area contributed by atoms with Crippen molar-refractivity contribution in [3.05, 3.63) is 89.4 Å². The lowest BCUT2D eigenvalue weighted by Crippen LogP contribution is -2.46. The van der Waals surface area contributed by atoms with Gasteiger partial charge in [-0.2, -0.15) is 0 Å². The minimum atomic E-state index is -0.950. The molecule has 1 aliphatic rings. The molecule has 6 nitrogen and oxygen atoms in total. The molecular formula is C24H24FN3O3. The molecule has 1 N–H and O–H groups in total. The number of carboxylic acid groups (broad SMARTS) is 1. The maximum absolute atomic E-state index is 13.0. The number of aromatic nitrogens is 1. The Bertz CT molecular complexity index is 1020. The third-order valence-corrected chi connectivity index (χ3v) is 5.34. The van der Waals surface area contributed by atoms with Gasteiger partial charge >= 0.3 is 5.97 Å². The molecule has 3 aromatic rings. The van der Waals surface area contributed by atoms with Crippen LogP contribution in [0.15, 0.2) is 66.9 Å². The van der Waals surface area contributed by atoms with Gasteiger partial charge in [0.25, 0.3) is 0 Å². The molecule has 0 amide bonds. The van der Waals surface area contributed by atoms with E-state index in [2.05, 4.69) is 22.0 Å². The van der Waals surface area contributed by atoms with Crippen molar-refractivity contribution in [2.24, 2.45) is 0 Å². The van der Waals surface area contributed by atoms with Crippen molar-refractivity contribution in [3.8, 4) is 5.75 Å². The quantitative estimate of drug-likeness (QED) is 0.626. The summed E-state index contributed by atoms with van der Waals surface area (Å²) in [5.74, 6) is -0.0450. The lowest BCUT2D eigenvalue weighted by atomic mass is 10.1. The number of rotatable bonds is 7. The summed E-state index contributed by atoms with van der Waals surface area (Å²) in [6.07, 6.45) is 1.63. The van der Waals surface area contributed by atoms with Crippen LogP contribution in [0.25, 0.3) is 0 Å². The van der Waals surface area contributed by atoms with Gasteiger partial charge in [0.2, 0.25) is 0 Å². The van der Waals surface area contributed by atoms with E-state index in [0.29, 0.717) is 18.2 Å². The molecule has 160 valence electrons. The first-order valence-electron chi connectivity index (χ1n) is 10.2. The van der Waals surface area contributed by atoms with Crippen molar-refractivity contribution in [1.82, 2.24) is 9.88 Å². The second-order valence-electron chi connectivity index (χ2n) is 7.50. The molecule has 1 saturated heterocycles. The molecule has 1 aliphatic heterocycles. The summed E-state index contributed by atoms with van der Waals surface area (Å²) < 4.78 is 18.6. The van der Waals surface area contributed by atoms with E-state index in [-0.39, 0.29) is 11.4 Å². The predicted octanol–water partition coefficient (Wildman–Crippen LogP) is 3.82. The zero-order valence-electron chi connectivity index (χ0n) is 17.1. The van der Waals surface area contributed by atoms with Gasteiger partial charge in [-0.1, -0.05) is 24.3 Å². The average molecular weight is 421 g/mol. The van der Waals surface area contributed by atoms with Crippen LogP contribution in [0.2, 0.25) is 0 Å². The van der Waals surface area contributed by atoms with Gasteiger partial charge in [0.1, 0.15) is 29.6 Å². The Morgan fingerprint density at radius 2 is 1.65 bits per heavy atom. The van der Waals surface area contributed by atoms with E-state index < -0.39 is 5.97 Å². The van der Waals surface area contributed by atoms with Crippen LogP contribution in [0.1, 0.15) is 21.5 Å². The molecular weight excluding hydrogens is 397 g/mol. The number of carbonyl (C=O) groups is 1. The fourth-order valence-corrected chi connectivity index (χ4v) is 3.63. The third-order valence-electron chi connectivity index (χ3n) is 5.34. The van der Waals surface area contributed by atoms with Gasteiger partial charge in [0.15, 0.2) is 0 Å². The number of piperazine rings is 1. The van der Waals surface area contributed by atoms with E-state index in [0.717, 1.165) is 38.3 Å². The minimum absolute atomic E-state index is 0.245. The van der Waals surface area contributed by atoms with Gasteiger partial charge in [0.05, 0.1) is 0 Å². The number of hydrogen-bond donors (Lipinski definition) is 1. The zero-order valence-corrected chi connectivity index (χ0v) is 17.1. The highest BCUT2D eigenvalue weighted by atomic mass is 19.1. The molecule has 0 aliphatic carbocycles. The molecule has 2 aromatic carbocycles. The number of nitrogens with zero attached hydrogens (tertiary/aromatic N) is 3. The van der Waals surface area contributed by atoms with Crippen LogP contribution in [0.4, 0.5) is 10.2 Å². The Morgan fingerprint density at radius 3 is 2.32 bits per heavy atom. The molecule has 1 aromatic heterocycles. The largest absolute Gasteiger partial charge is 0.489 e. The molecule has 2 heterocycles. The van der Waals surface area contributed by atoms with Crippen LogP contribution < -0.4 is 9.64 Å². The summed E-state index contributed by atoms with van der Waals surface area (Å²) in [5, 5.41) is 9.38. The Kier molecular flexibility index (Phi) is 6.43. The predicted molar refractivity (Wildman–Crippen MR) is 116 cm³/mol. The van der Waals surface area contributed by atoms with Crippen molar-refractivity contribution < 1.29 is 19.0 Å². The normalized spacial score (nSPS) is 14.4. The van der Waals surface area contributed by atoms with E-state index in [4.69, 9.17) is 4.74 Å². The number of carboxylic acids is 1. The van der Waals surface area contributed by atoms with Crippen molar-refractivity contribution in [3.63, 3.8) is 0 Å². The highest BCUT2D eigenvalue weighted by Crippen LogP contribution is 2.20. The standard InChI is InChI=1S/C24H24FN3O3/c25-20-7-9-21(10-8-20)31-17-19-5-3-18(4-6-19)16-27-12-14-28(15-13-27)23-22(24(29)30)2-1-11-26-23/h1-11H,12-17H2,(H,29,30). The van der Waals surface area contributed by atoms with Gasteiger partial charge in [-0.15, -0.1) is 0 Å². The first-order chi connectivity index (χ1) is 15.1. The lowest BCUT2D eigenvalue weighted by Gasteiger charge is -2.35. The summed E-state index contributed by atoms with van der Waals surface area (Å²) in [4.78, 5) is 20.1. The first-order valence-corrected chi connectivity index (χ1v) is 10.2. The fraction of sp³-hybridized carbons (Fsp3) is 0.250. The molecule has 4 rings (SSSR count). The van der Waals surface area contributed by atoms with Crippen LogP contribution in [-0.4, -0.2) is 47.1 Å². The number of anilines is 1. The Morgan fingerprint density at radius 1 is 0.968 bits per heavy atom. The fourth-order valence-electron chi connectivity index (χ4n) is 3.63. The molecule has 0 atom stereocenters. The summed E-state index contributed by atoms with van der Waals surface area (Å²) in [6.45, 7) is 4.42. The summed E-state index contributed by atoms with van der Waals surface area (Å²) in [7, 11) is 0. The Balaban J connectivity index is 1.28. The number of hydrogen-bond acceptors (Lipinski definition) is 5. The van der Waals surface area contributed by atoms with E-state index in [1.807, 2.05) is 17.0 Å². The highest BCUT2D eigenvalue weighted by molar-refractivity contribution is 5.93. The molecule has 31 heavy (non-hydrogen) atoms. The maximum atomic E-state index is 13.0. The van der Waals surface area contributed by atoms with Crippen LogP contribution in [0, 0.1) is 5.82 Å². The van der Waals surface area contributed by atoms with Crippen LogP contribution in [0.5, 0.6) is 5.75 Å². The monoisotopic (exact) mass is 421 g/mol. The lowest BCUT2D eigenvalue weighted by molar-refractivity contribution is 0.0697. The second kappa shape index (κ2) is 9.57.